The van der Waals surface area contributed by atoms with Crippen LogP contribution in [-0.2, 0) is 16.9 Å². The van der Waals surface area contributed by atoms with Gasteiger partial charge >= 0.3 is 5.97 Å². The van der Waals surface area contributed by atoms with Crippen molar-refractivity contribution in [3.63, 3.8) is 0 Å². The quantitative estimate of drug-likeness (QED) is 0.691. The largest absolute Gasteiger partial charge is 0.478 e. The lowest BCUT2D eigenvalue weighted by Gasteiger charge is -2.40. The summed E-state index contributed by atoms with van der Waals surface area (Å²) in [6.07, 6.45) is 1.83. The van der Waals surface area contributed by atoms with Gasteiger partial charge in [0.25, 0.3) is 0 Å². The lowest BCUT2D eigenvalue weighted by atomic mass is 9.96. The van der Waals surface area contributed by atoms with Crippen molar-refractivity contribution in [1.29, 1.82) is 0 Å². The third-order valence-corrected chi connectivity index (χ3v) is 5.54. The van der Waals surface area contributed by atoms with Crippen LogP contribution in [0.5, 0.6) is 0 Å². The van der Waals surface area contributed by atoms with Gasteiger partial charge in [0.2, 0.25) is 0 Å². The van der Waals surface area contributed by atoms with E-state index >= 15 is 0 Å². The molecule has 1 fully saturated rings. The number of aromatic nitrogens is 2. The van der Waals surface area contributed by atoms with Crippen molar-refractivity contribution in [2.45, 2.75) is 26.0 Å². The summed E-state index contributed by atoms with van der Waals surface area (Å²) in [5.41, 5.74) is 4.89. The highest BCUT2D eigenvalue weighted by atomic mass is 16.5. The maximum Gasteiger partial charge on any atom is 0.336 e. The molecule has 2 aromatic carbocycles. The number of H-pyrrole nitrogens is 1. The number of carboxylic acid groups (broad SMARTS) is 1. The molecule has 2 N–H and O–H groups in total. The second kappa shape index (κ2) is 7.81. The standard InChI is InChI=1S/C23H25N3O3/c1-16-13-24-25-21(16)23(2)15-26(11-12-29-23)14-17-7-9-18(10-8-17)19-5-3-4-6-20(19)22(27)28/h3-10,13H,11-12,14-15H2,1-2H3,(H,24,25)(H,27,28). The highest BCUT2D eigenvalue weighted by Crippen LogP contribution is 2.31. The van der Waals surface area contributed by atoms with Crippen molar-refractivity contribution < 1.29 is 14.6 Å². The zero-order valence-corrected chi connectivity index (χ0v) is 16.7. The summed E-state index contributed by atoms with van der Waals surface area (Å²) >= 11 is 0. The molecule has 1 saturated heterocycles. The summed E-state index contributed by atoms with van der Waals surface area (Å²) in [4.78, 5) is 13.9. The molecule has 6 heteroatoms. The zero-order valence-electron chi connectivity index (χ0n) is 16.7. The van der Waals surface area contributed by atoms with E-state index in [0.717, 1.165) is 42.0 Å². The highest BCUT2D eigenvalue weighted by molar-refractivity contribution is 5.95. The number of aromatic amines is 1. The van der Waals surface area contributed by atoms with E-state index < -0.39 is 11.6 Å². The average molecular weight is 391 g/mol. The molecule has 0 spiro atoms. The smallest absolute Gasteiger partial charge is 0.336 e. The van der Waals surface area contributed by atoms with E-state index in [-0.39, 0.29) is 0 Å². The molecule has 1 aromatic heterocycles. The Morgan fingerprint density at radius 1 is 1.24 bits per heavy atom. The first-order valence-corrected chi connectivity index (χ1v) is 9.75. The van der Waals surface area contributed by atoms with E-state index in [1.807, 2.05) is 37.4 Å². The molecule has 0 radical (unpaired) electrons. The van der Waals surface area contributed by atoms with Crippen molar-refractivity contribution in [2.24, 2.45) is 0 Å². The Labute approximate surface area is 170 Å². The second-order valence-corrected chi connectivity index (χ2v) is 7.77. The molecule has 4 rings (SSSR count). The van der Waals surface area contributed by atoms with Crippen LogP contribution >= 0.6 is 0 Å². The summed E-state index contributed by atoms with van der Waals surface area (Å²) in [5.74, 6) is -0.911. The number of hydrogen-bond acceptors (Lipinski definition) is 4. The number of rotatable bonds is 5. The molecule has 2 heterocycles. The first kappa shape index (κ1) is 19.4. The lowest BCUT2D eigenvalue weighted by Crippen LogP contribution is -2.48. The minimum absolute atomic E-state index is 0.319. The molecule has 1 atom stereocenters. The molecule has 29 heavy (non-hydrogen) atoms. The molecule has 0 bridgehead atoms. The fourth-order valence-corrected chi connectivity index (χ4v) is 4.09. The van der Waals surface area contributed by atoms with Crippen molar-refractivity contribution in [3.8, 4) is 11.1 Å². The molecular formula is C23H25N3O3. The Morgan fingerprint density at radius 3 is 2.69 bits per heavy atom. The Morgan fingerprint density at radius 2 is 2.00 bits per heavy atom. The first-order valence-electron chi connectivity index (χ1n) is 9.75. The third-order valence-electron chi connectivity index (χ3n) is 5.54. The molecule has 0 aliphatic carbocycles. The number of hydrogen-bond donors (Lipinski definition) is 2. The van der Waals surface area contributed by atoms with Gasteiger partial charge in [0.05, 0.1) is 24.1 Å². The predicted molar refractivity (Wildman–Crippen MR) is 111 cm³/mol. The number of carboxylic acids is 1. The van der Waals surface area contributed by atoms with Gasteiger partial charge in [0.15, 0.2) is 0 Å². The van der Waals surface area contributed by atoms with E-state index in [2.05, 4.69) is 34.2 Å². The second-order valence-electron chi connectivity index (χ2n) is 7.77. The number of carbonyl (C=O) groups is 1. The van der Waals surface area contributed by atoms with Gasteiger partial charge in [-0.15, -0.1) is 0 Å². The van der Waals surface area contributed by atoms with Crippen molar-refractivity contribution in [1.82, 2.24) is 15.1 Å². The molecule has 3 aromatic rings. The molecule has 150 valence electrons. The lowest BCUT2D eigenvalue weighted by molar-refractivity contribution is -0.108. The van der Waals surface area contributed by atoms with Gasteiger partial charge in [-0.25, -0.2) is 4.79 Å². The van der Waals surface area contributed by atoms with Crippen LogP contribution in [0.25, 0.3) is 11.1 Å². The van der Waals surface area contributed by atoms with Crippen molar-refractivity contribution in [3.05, 3.63) is 77.1 Å². The summed E-state index contributed by atoms with van der Waals surface area (Å²) < 4.78 is 6.10. The summed E-state index contributed by atoms with van der Waals surface area (Å²) in [6, 6.07) is 15.2. The first-order chi connectivity index (χ1) is 14.0. The average Bonchev–Trinajstić information content (AvgIpc) is 3.15. The molecule has 1 aliphatic rings. The van der Waals surface area contributed by atoms with Crippen LogP contribution < -0.4 is 0 Å². The minimum atomic E-state index is -0.911. The van der Waals surface area contributed by atoms with E-state index in [1.54, 1.807) is 12.1 Å². The highest BCUT2D eigenvalue weighted by Gasteiger charge is 2.36. The SMILES string of the molecule is Cc1cn[nH]c1C1(C)CN(Cc2ccc(-c3ccccc3C(=O)O)cc2)CCO1. The molecule has 0 amide bonds. The fourth-order valence-electron chi connectivity index (χ4n) is 4.09. The Bertz CT molecular complexity index is 1010. The Balaban J connectivity index is 1.50. The molecule has 1 unspecified atom stereocenters. The summed E-state index contributed by atoms with van der Waals surface area (Å²) in [7, 11) is 0. The molecule has 6 nitrogen and oxygen atoms in total. The van der Waals surface area contributed by atoms with Crippen LogP contribution in [0, 0.1) is 6.92 Å². The Hall–Kier alpha value is -2.96. The van der Waals surface area contributed by atoms with E-state index in [1.165, 1.54) is 5.56 Å². The maximum absolute atomic E-state index is 11.5. The van der Waals surface area contributed by atoms with Crippen LogP contribution in [0.1, 0.15) is 34.1 Å². The topological polar surface area (TPSA) is 78.5 Å². The van der Waals surface area contributed by atoms with Crippen LogP contribution in [0.2, 0.25) is 0 Å². The molecular weight excluding hydrogens is 366 g/mol. The fraction of sp³-hybridized carbons (Fsp3) is 0.304. The van der Waals surface area contributed by atoms with Crippen LogP contribution in [0.4, 0.5) is 0 Å². The van der Waals surface area contributed by atoms with Crippen LogP contribution in [0.3, 0.4) is 0 Å². The summed E-state index contributed by atoms with van der Waals surface area (Å²) in [5, 5.41) is 16.7. The number of morpholine rings is 1. The number of benzene rings is 2. The van der Waals surface area contributed by atoms with E-state index in [9.17, 15) is 9.90 Å². The normalized spacial score (nSPS) is 19.9. The number of nitrogens with zero attached hydrogens (tertiary/aromatic N) is 2. The molecule has 1 aliphatic heterocycles. The van der Waals surface area contributed by atoms with E-state index in [0.29, 0.717) is 12.2 Å². The molecule has 0 saturated carbocycles. The van der Waals surface area contributed by atoms with Crippen LogP contribution in [0.15, 0.2) is 54.7 Å². The predicted octanol–water partition coefficient (Wildman–Crippen LogP) is 3.83. The van der Waals surface area contributed by atoms with Crippen LogP contribution in [-0.4, -0.2) is 45.9 Å². The number of ether oxygens (including phenoxy) is 1. The van der Waals surface area contributed by atoms with Gasteiger partial charge in [0, 0.05) is 19.6 Å². The minimum Gasteiger partial charge on any atom is -0.478 e. The number of nitrogens with one attached hydrogen (secondary N) is 1. The van der Waals surface area contributed by atoms with E-state index in [4.69, 9.17) is 4.74 Å². The van der Waals surface area contributed by atoms with Crippen molar-refractivity contribution >= 4 is 5.97 Å². The maximum atomic E-state index is 11.5. The van der Waals surface area contributed by atoms with Gasteiger partial charge in [-0.2, -0.15) is 5.10 Å². The zero-order chi connectivity index (χ0) is 20.4. The van der Waals surface area contributed by atoms with Gasteiger partial charge in [-0.05, 0) is 42.2 Å². The van der Waals surface area contributed by atoms with Gasteiger partial charge in [-0.1, -0.05) is 42.5 Å². The van der Waals surface area contributed by atoms with Crippen molar-refractivity contribution in [2.75, 3.05) is 19.7 Å². The monoisotopic (exact) mass is 391 g/mol. The van der Waals surface area contributed by atoms with Gasteiger partial charge in [0.1, 0.15) is 5.60 Å². The number of aromatic carboxylic acids is 1. The Kier molecular flexibility index (Phi) is 5.22. The third kappa shape index (κ3) is 3.95. The van der Waals surface area contributed by atoms with Gasteiger partial charge in [-0.3, -0.25) is 10.00 Å². The number of aryl methyl sites for hydroxylation is 1. The summed E-state index contributed by atoms with van der Waals surface area (Å²) in [6.45, 7) is 7.27. The van der Waals surface area contributed by atoms with Gasteiger partial charge < -0.3 is 9.84 Å².